The molecule has 0 aliphatic carbocycles. The van der Waals surface area contributed by atoms with E-state index in [1.165, 1.54) is 0 Å². The fourth-order valence-corrected chi connectivity index (χ4v) is 2.93. The minimum Gasteiger partial charge on any atom is -0.497 e. The molecule has 0 fully saturated rings. The van der Waals surface area contributed by atoms with Gasteiger partial charge in [0, 0.05) is 16.1 Å². The monoisotopic (exact) mass is 408 g/mol. The van der Waals surface area contributed by atoms with Gasteiger partial charge in [-0.1, -0.05) is 23.7 Å². The molecule has 8 nitrogen and oxygen atoms in total. The molecule has 0 bridgehead atoms. The van der Waals surface area contributed by atoms with E-state index in [1.54, 1.807) is 25.3 Å². The van der Waals surface area contributed by atoms with E-state index < -0.39 is 0 Å². The second-order valence-corrected chi connectivity index (χ2v) is 6.63. The van der Waals surface area contributed by atoms with Gasteiger partial charge in [0.2, 0.25) is 0 Å². The molecule has 0 saturated carbocycles. The van der Waals surface area contributed by atoms with Crippen LogP contribution in [0.4, 0.5) is 0 Å². The Bertz CT molecular complexity index is 1140. The Morgan fingerprint density at radius 1 is 1.07 bits per heavy atom. The summed E-state index contributed by atoms with van der Waals surface area (Å²) in [5.41, 5.74) is 2.65. The lowest BCUT2D eigenvalue weighted by atomic mass is 10.1. The van der Waals surface area contributed by atoms with Crippen LogP contribution in [0.25, 0.3) is 22.6 Å². The molecule has 1 amide bonds. The van der Waals surface area contributed by atoms with E-state index in [9.17, 15) is 4.79 Å². The molecular weight excluding hydrogens is 392 g/mol. The van der Waals surface area contributed by atoms with Crippen LogP contribution in [0.1, 0.15) is 16.3 Å². The zero-order chi connectivity index (χ0) is 20.2. The van der Waals surface area contributed by atoms with Gasteiger partial charge < -0.3 is 10.1 Å². The van der Waals surface area contributed by atoms with Crippen LogP contribution in [0.5, 0.6) is 5.75 Å². The van der Waals surface area contributed by atoms with Gasteiger partial charge in [-0.3, -0.25) is 15.0 Å². The normalized spacial score (nSPS) is 10.7. The molecule has 4 aromatic rings. The van der Waals surface area contributed by atoms with E-state index in [4.69, 9.17) is 16.3 Å². The van der Waals surface area contributed by atoms with Crippen molar-refractivity contribution >= 4 is 17.5 Å². The lowest BCUT2D eigenvalue weighted by molar-refractivity contribution is 0.0945. The summed E-state index contributed by atoms with van der Waals surface area (Å²) in [7, 11) is 1.61. The number of hydrogen-bond donors (Lipinski definition) is 3. The van der Waals surface area contributed by atoms with Crippen LogP contribution in [0.2, 0.25) is 5.02 Å². The summed E-state index contributed by atoms with van der Waals surface area (Å²) in [4.78, 5) is 16.8. The number of halogens is 1. The van der Waals surface area contributed by atoms with E-state index in [0.29, 0.717) is 28.1 Å². The maximum atomic E-state index is 12.4. The molecule has 2 aromatic heterocycles. The number of nitrogens with one attached hydrogen (secondary N) is 3. The third-order valence-corrected chi connectivity index (χ3v) is 4.47. The molecular formula is C20H17ClN6O2. The van der Waals surface area contributed by atoms with Crippen LogP contribution in [0, 0.1) is 0 Å². The molecule has 2 heterocycles. The molecule has 0 unspecified atom stereocenters. The molecule has 0 spiro atoms. The summed E-state index contributed by atoms with van der Waals surface area (Å²) in [6.07, 6.45) is 0. The number of benzene rings is 2. The average molecular weight is 409 g/mol. The second kappa shape index (κ2) is 8.15. The summed E-state index contributed by atoms with van der Waals surface area (Å²) in [6.45, 7) is 0.202. The molecule has 4 rings (SSSR count). The van der Waals surface area contributed by atoms with Crippen molar-refractivity contribution in [2.75, 3.05) is 7.11 Å². The molecule has 0 aliphatic rings. The smallest absolute Gasteiger partial charge is 0.269 e. The highest BCUT2D eigenvalue weighted by Crippen LogP contribution is 2.21. The highest BCUT2D eigenvalue weighted by molar-refractivity contribution is 6.30. The number of carbonyl (C=O) groups is 1. The quantitative estimate of drug-likeness (QED) is 0.452. The zero-order valence-electron chi connectivity index (χ0n) is 15.4. The van der Waals surface area contributed by atoms with Gasteiger partial charge in [-0.25, -0.2) is 4.98 Å². The van der Waals surface area contributed by atoms with Crippen molar-refractivity contribution in [3.63, 3.8) is 0 Å². The van der Waals surface area contributed by atoms with Crippen LogP contribution in [0.3, 0.4) is 0 Å². The number of nitrogens with zero attached hydrogens (tertiary/aromatic N) is 3. The highest BCUT2D eigenvalue weighted by atomic mass is 35.5. The standard InChI is InChI=1S/C20H17ClN6O2/c1-29-15-7-5-12(6-8-15)19-23-18(26-27-19)11-22-20(28)17-10-16(24-25-17)13-3-2-4-14(21)9-13/h2-10H,11H2,1H3,(H,22,28)(H,24,25)(H,23,26,27). The van der Waals surface area contributed by atoms with Crippen LogP contribution < -0.4 is 10.1 Å². The van der Waals surface area contributed by atoms with Crippen molar-refractivity contribution in [1.82, 2.24) is 30.7 Å². The molecule has 146 valence electrons. The highest BCUT2D eigenvalue weighted by Gasteiger charge is 2.13. The largest absolute Gasteiger partial charge is 0.497 e. The fraction of sp³-hybridized carbons (Fsp3) is 0.100. The van der Waals surface area contributed by atoms with Gasteiger partial charge in [0.15, 0.2) is 5.82 Å². The number of amides is 1. The van der Waals surface area contributed by atoms with Gasteiger partial charge in [-0.2, -0.15) is 10.2 Å². The van der Waals surface area contributed by atoms with E-state index >= 15 is 0 Å². The maximum absolute atomic E-state index is 12.4. The lowest BCUT2D eigenvalue weighted by Crippen LogP contribution is -2.23. The summed E-state index contributed by atoms with van der Waals surface area (Å²) in [6, 6.07) is 16.3. The molecule has 29 heavy (non-hydrogen) atoms. The number of aromatic amines is 2. The van der Waals surface area contributed by atoms with Crippen LogP contribution in [0.15, 0.2) is 54.6 Å². The molecule has 0 atom stereocenters. The Morgan fingerprint density at radius 3 is 2.66 bits per heavy atom. The van der Waals surface area contributed by atoms with Crippen molar-refractivity contribution in [1.29, 1.82) is 0 Å². The van der Waals surface area contributed by atoms with Gasteiger partial charge in [-0.15, -0.1) is 0 Å². The van der Waals surface area contributed by atoms with E-state index in [2.05, 4.69) is 30.7 Å². The van der Waals surface area contributed by atoms with Crippen molar-refractivity contribution in [3.05, 3.63) is 71.1 Å². The Hall–Kier alpha value is -3.65. The summed E-state index contributed by atoms with van der Waals surface area (Å²) in [5.74, 6) is 1.54. The third kappa shape index (κ3) is 4.27. The van der Waals surface area contributed by atoms with Crippen molar-refractivity contribution in [2.45, 2.75) is 6.54 Å². The molecule has 2 aromatic carbocycles. The Morgan fingerprint density at radius 2 is 1.90 bits per heavy atom. The zero-order valence-corrected chi connectivity index (χ0v) is 16.2. The second-order valence-electron chi connectivity index (χ2n) is 6.19. The van der Waals surface area contributed by atoms with Crippen LogP contribution in [-0.2, 0) is 6.54 Å². The van der Waals surface area contributed by atoms with E-state index in [-0.39, 0.29) is 12.5 Å². The first kappa shape index (κ1) is 18.7. The number of H-pyrrole nitrogens is 2. The number of hydrogen-bond acceptors (Lipinski definition) is 5. The number of ether oxygens (including phenoxy) is 1. The van der Waals surface area contributed by atoms with Crippen LogP contribution in [-0.4, -0.2) is 38.4 Å². The molecule has 9 heteroatoms. The fourth-order valence-electron chi connectivity index (χ4n) is 2.74. The number of carbonyl (C=O) groups excluding carboxylic acids is 1. The van der Waals surface area contributed by atoms with Crippen LogP contribution >= 0.6 is 11.6 Å². The van der Waals surface area contributed by atoms with Gasteiger partial charge in [0.25, 0.3) is 5.91 Å². The molecule has 3 N–H and O–H groups in total. The summed E-state index contributed by atoms with van der Waals surface area (Å²) in [5, 5.41) is 17.3. The van der Waals surface area contributed by atoms with Crippen molar-refractivity contribution < 1.29 is 9.53 Å². The predicted octanol–water partition coefficient (Wildman–Crippen LogP) is 3.45. The third-order valence-electron chi connectivity index (χ3n) is 4.24. The minimum atomic E-state index is -0.298. The van der Waals surface area contributed by atoms with Gasteiger partial charge in [0.05, 0.1) is 19.3 Å². The summed E-state index contributed by atoms with van der Waals surface area (Å²) >= 11 is 6.00. The molecule has 0 saturated heterocycles. The van der Waals surface area contributed by atoms with Crippen molar-refractivity contribution in [3.8, 4) is 28.4 Å². The number of aromatic nitrogens is 5. The maximum Gasteiger partial charge on any atom is 0.269 e. The minimum absolute atomic E-state index is 0.202. The summed E-state index contributed by atoms with van der Waals surface area (Å²) < 4.78 is 5.14. The predicted molar refractivity (Wildman–Crippen MR) is 109 cm³/mol. The van der Waals surface area contributed by atoms with Crippen molar-refractivity contribution in [2.24, 2.45) is 0 Å². The van der Waals surface area contributed by atoms with Gasteiger partial charge in [-0.05, 0) is 42.5 Å². The van der Waals surface area contributed by atoms with E-state index in [1.807, 2.05) is 36.4 Å². The van der Waals surface area contributed by atoms with Gasteiger partial charge in [0.1, 0.15) is 17.3 Å². The SMILES string of the molecule is COc1ccc(-c2n[nH]c(CNC(=O)c3cc(-c4cccc(Cl)c4)n[nH]3)n2)cc1. The first-order valence-electron chi connectivity index (χ1n) is 8.77. The first-order chi connectivity index (χ1) is 14.1. The van der Waals surface area contributed by atoms with E-state index in [0.717, 1.165) is 16.9 Å². The lowest BCUT2D eigenvalue weighted by Gasteiger charge is -2.00. The topological polar surface area (TPSA) is 109 Å². The molecule has 0 aliphatic heterocycles. The Kier molecular flexibility index (Phi) is 5.26. The Labute approximate surface area is 171 Å². The number of rotatable bonds is 6. The molecule has 0 radical (unpaired) electrons. The van der Waals surface area contributed by atoms with Gasteiger partial charge >= 0.3 is 0 Å². The average Bonchev–Trinajstić information content (AvgIpc) is 3.42. The first-order valence-corrected chi connectivity index (χ1v) is 9.15. The number of methoxy groups -OCH3 is 1. The Balaban J connectivity index is 1.39.